The van der Waals surface area contributed by atoms with Crippen molar-refractivity contribution in [2.45, 2.75) is 25.8 Å². The number of anilines is 2. The topological polar surface area (TPSA) is 85.2 Å². The number of hydrogen-bond donors (Lipinski definition) is 1. The third-order valence-corrected chi connectivity index (χ3v) is 4.88. The Hall–Kier alpha value is -2.64. The third kappa shape index (κ3) is 2.92. The molecule has 0 radical (unpaired) electrons. The van der Waals surface area contributed by atoms with Crippen molar-refractivity contribution in [3.63, 3.8) is 0 Å². The van der Waals surface area contributed by atoms with Crippen LogP contribution in [0.25, 0.3) is 0 Å². The van der Waals surface area contributed by atoms with Crippen LogP contribution in [0.2, 0.25) is 0 Å². The number of methoxy groups -OCH3 is 1. The first kappa shape index (κ1) is 15.9. The number of nitrogens with one attached hydrogen (secondary N) is 1. The summed E-state index contributed by atoms with van der Waals surface area (Å²) in [5.41, 5.74) is 1.21. The first-order valence-corrected chi connectivity index (χ1v) is 8.66. The molecule has 2 bridgehead atoms. The fourth-order valence-electron chi connectivity index (χ4n) is 3.88. The van der Waals surface area contributed by atoms with Crippen LogP contribution in [0.3, 0.4) is 0 Å². The average molecular weight is 342 g/mol. The molecular weight excluding hydrogens is 320 g/mol. The van der Waals surface area contributed by atoms with Gasteiger partial charge in [0.15, 0.2) is 0 Å². The monoisotopic (exact) mass is 342 g/mol. The highest BCUT2D eigenvalue weighted by molar-refractivity contribution is 5.40. The molecule has 25 heavy (non-hydrogen) atoms. The fraction of sp³-hybridized carbons (Fsp3) is 0.529. The fourth-order valence-corrected chi connectivity index (χ4v) is 3.88. The lowest BCUT2D eigenvalue weighted by atomic mass is 9.83. The Kier molecular flexibility index (Phi) is 4.03. The van der Waals surface area contributed by atoms with Gasteiger partial charge in [-0.1, -0.05) is 6.07 Å². The lowest BCUT2D eigenvalue weighted by molar-refractivity contribution is 0.279. The van der Waals surface area contributed by atoms with Crippen LogP contribution in [0.4, 0.5) is 11.9 Å². The zero-order valence-corrected chi connectivity index (χ0v) is 14.5. The maximum Gasteiger partial charge on any atom is 0.322 e. The number of ether oxygens (including phenoxy) is 1. The summed E-state index contributed by atoms with van der Waals surface area (Å²) in [5, 5.41) is 3.12. The molecule has 4 rings (SSSR count). The molecule has 0 spiro atoms. The highest BCUT2D eigenvalue weighted by Gasteiger charge is 2.35. The van der Waals surface area contributed by atoms with Crippen molar-refractivity contribution in [1.82, 2.24) is 19.5 Å². The van der Waals surface area contributed by atoms with Crippen LogP contribution < -0.4 is 20.5 Å². The Bertz CT molecular complexity index is 836. The molecule has 2 atom stereocenters. The summed E-state index contributed by atoms with van der Waals surface area (Å²) in [7, 11) is 1.56. The standard InChI is InChI=1S/C17H22N6O2/c1-3-18-15-19-16(21-17(20-15)25-2)22-8-11-7-12(10-22)13-5-4-6-14(24)23(13)9-11/h4-6,11-12H,3,7-10H2,1-2H3,(H,18,19,20,21)/t11-,12+/m0/s1. The number of piperidine rings is 1. The molecule has 8 heteroatoms. The van der Waals surface area contributed by atoms with E-state index in [1.807, 2.05) is 17.6 Å². The van der Waals surface area contributed by atoms with Gasteiger partial charge in [-0.05, 0) is 25.3 Å². The van der Waals surface area contributed by atoms with Crippen molar-refractivity contribution in [3.8, 4) is 6.01 Å². The van der Waals surface area contributed by atoms with Gasteiger partial charge in [-0.25, -0.2) is 0 Å². The molecule has 132 valence electrons. The normalized spacial score (nSPS) is 21.6. The number of hydrogen-bond acceptors (Lipinski definition) is 7. The molecule has 2 aliphatic rings. The molecule has 4 heterocycles. The Morgan fingerprint density at radius 1 is 1.24 bits per heavy atom. The van der Waals surface area contributed by atoms with Crippen LogP contribution >= 0.6 is 0 Å². The smallest absolute Gasteiger partial charge is 0.322 e. The van der Waals surface area contributed by atoms with E-state index in [0.717, 1.165) is 38.3 Å². The summed E-state index contributed by atoms with van der Waals surface area (Å²) in [4.78, 5) is 27.5. The zero-order chi connectivity index (χ0) is 17.4. The summed E-state index contributed by atoms with van der Waals surface area (Å²) in [6, 6.07) is 5.86. The molecule has 0 amide bonds. The zero-order valence-electron chi connectivity index (χ0n) is 14.5. The molecule has 8 nitrogen and oxygen atoms in total. The van der Waals surface area contributed by atoms with Crippen molar-refractivity contribution in [2.24, 2.45) is 5.92 Å². The number of aromatic nitrogens is 4. The van der Waals surface area contributed by atoms with Crippen LogP contribution in [-0.2, 0) is 6.54 Å². The summed E-state index contributed by atoms with van der Waals surface area (Å²) in [6.45, 7) is 5.10. The van der Waals surface area contributed by atoms with Gasteiger partial charge in [-0.3, -0.25) is 4.79 Å². The molecule has 0 aromatic carbocycles. The lowest BCUT2D eigenvalue weighted by Gasteiger charge is -2.42. The van der Waals surface area contributed by atoms with E-state index < -0.39 is 0 Å². The van der Waals surface area contributed by atoms with Gasteiger partial charge in [0.1, 0.15) is 0 Å². The molecule has 1 fully saturated rings. The summed E-state index contributed by atoms with van der Waals surface area (Å²) in [5.74, 6) is 1.88. The first-order valence-electron chi connectivity index (χ1n) is 8.66. The maximum absolute atomic E-state index is 12.1. The van der Waals surface area contributed by atoms with Gasteiger partial charge < -0.3 is 19.5 Å². The highest BCUT2D eigenvalue weighted by Crippen LogP contribution is 2.36. The molecule has 2 aromatic heterocycles. The minimum absolute atomic E-state index is 0.0944. The SMILES string of the molecule is CCNc1nc(OC)nc(N2C[C@@H]3C[C@H](C2)c2cccc(=O)n2C3)n1. The van der Waals surface area contributed by atoms with E-state index in [9.17, 15) is 4.79 Å². The number of fused-ring (bicyclic) bond motifs is 4. The second-order valence-electron chi connectivity index (χ2n) is 6.58. The van der Waals surface area contributed by atoms with Gasteiger partial charge in [0.05, 0.1) is 7.11 Å². The van der Waals surface area contributed by atoms with Crippen molar-refractivity contribution < 1.29 is 4.74 Å². The van der Waals surface area contributed by atoms with Gasteiger partial charge in [-0.2, -0.15) is 15.0 Å². The van der Waals surface area contributed by atoms with Gasteiger partial charge in [0.2, 0.25) is 11.9 Å². The van der Waals surface area contributed by atoms with Crippen molar-refractivity contribution in [3.05, 3.63) is 34.2 Å². The lowest BCUT2D eigenvalue weighted by Crippen LogP contribution is -2.47. The van der Waals surface area contributed by atoms with Crippen molar-refractivity contribution in [1.29, 1.82) is 0 Å². The Balaban J connectivity index is 1.66. The van der Waals surface area contributed by atoms with Gasteiger partial charge in [0, 0.05) is 43.9 Å². The summed E-state index contributed by atoms with van der Waals surface area (Å²) < 4.78 is 7.15. The van der Waals surface area contributed by atoms with Crippen molar-refractivity contribution in [2.75, 3.05) is 37.0 Å². The Labute approximate surface area is 145 Å². The minimum atomic E-state index is 0.0944. The van der Waals surface area contributed by atoms with Crippen LogP contribution in [0.15, 0.2) is 23.0 Å². The summed E-state index contributed by atoms with van der Waals surface area (Å²) in [6.07, 6.45) is 1.10. The molecule has 1 saturated heterocycles. The third-order valence-electron chi connectivity index (χ3n) is 4.88. The molecule has 2 aromatic rings. The van der Waals surface area contributed by atoms with Gasteiger partial charge in [-0.15, -0.1) is 0 Å². The van der Waals surface area contributed by atoms with Crippen LogP contribution in [-0.4, -0.2) is 46.3 Å². The van der Waals surface area contributed by atoms with E-state index >= 15 is 0 Å². The quantitative estimate of drug-likeness (QED) is 0.890. The molecule has 0 saturated carbocycles. The Morgan fingerprint density at radius 3 is 2.92 bits per heavy atom. The average Bonchev–Trinajstić information content (AvgIpc) is 2.62. The molecule has 0 aliphatic carbocycles. The van der Waals surface area contributed by atoms with E-state index in [1.54, 1.807) is 13.2 Å². The second-order valence-corrected chi connectivity index (χ2v) is 6.58. The van der Waals surface area contributed by atoms with E-state index in [-0.39, 0.29) is 5.56 Å². The highest BCUT2D eigenvalue weighted by atomic mass is 16.5. The van der Waals surface area contributed by atoms with Crippen LogP contribution in [0.5, 0.6) is 6.01 Å². The second kappa shape index (κ2) is 6.34. The molecular formula is C17H22N6O2. The van der Waals surface area contributed by atoms with E-state index in [0.29, 0.717) is 29.7 Å². The van der Waals surface area contributed by atoms with Crippen LogP contribution in [0, 0.1) is 5.92 Å². The van der Waals surface area contributed by atoms with Crippen molar-refractivity contribution >= 4 is 11.9 Å². The summed E-state index contributed by atoms with van der Waals surface area (Å²) >= 11 is 0. The van der Waals surface area contributed by atoms with Gasteiger partial charge in [0.25, 0.3) is 5.56 Å². The molecule has 2 aliphatic heterocycles. The van der Waals surface area contributed by atoms with Crippen LogP contribution in [0.1, 0.15) is 25.0 Å². The van der Waals surface area contributed by atoms with Gasteiger partial charge >= 0.3 is 6.01 Å². The number of rotatable bonds is 4. The molecule has 0 unspecified atom stereocenters. The van der Waals surface area contributed by atoms with E-state index in [2.05, 4.69) is 31.2 Å². The van der Waals surface area contributed by atoms with E-state index in [4.69, 9.17) is 4.74 Å². The molecule has 1 N–H and O–H groups in total. The first-order chi connectivity index (χ1) is 12.2. The minimum Gasteiger partial charge on any atom is -0.467 e. The largest absolute Gasteiger partial charge is 0.467 e. The van der Waals surface area contributed by atoms with E-state index in [1.165, 1.54) is 0 Å². The Morgan fingerprint density at radius 2 is 2.12 bits per heavy atom. The predicted molar refractivity (Wildman–Crippen MR) is 94.3 cm³/mol. The maximum atomic E-state index is 12.1. The number of pyridine rings is 1. The predicted octanol–water partition coefficient (Wildman–Crippen LogP) is 1.10. The number of nitrogens with zero attached hydrogens (tertiary/aromatic N) is 5.